The Morgan fingerprint density at radius 3 is 2.37 bits per heavy atom. The van der Waals surface area contributed by atoms with Gasteiger partial charge in [-0.05, 0) is 10.8 Å². The molecule has 0 aliphatic rings. The van der Waals surface area contributed by atoms with E-state index in [-0.39, 0.29) is 5.56 Å². The lowest BCUT2D eigenvalue weighted by atomic mass is 10.0. The maximum atomic E-state index is 10.8. The molecule has 2 aromatic carbocycles. The first kappa shape index (κ1) is 11.3. The predicted molar refractivity (Wildman–Crippen MR) is 71.9 cm³/mol. The second kappa shape index (κ2) is 4.49. The van der Waals surface area contributed by atoms with Gasteiger partial charge in [0.1, 0.15) is 0 Å². The molecule has 0 saturated heterocycles. The topological polar surface area (TPSA) is 63.1 Å². The largest absolute Gasteiger partial charge is 0.478 e. The van der Waals surface area contributed by atoms with Crippen LogP contribution in [0.4, 0.5) is 0 Å². The number of aromatic nitrogens is 2. The zero-order valence-electron chi connectivity index (χ0n) is 9.95. The molecule has 0 aliphatic heterocycles. The summed E-state index contributed by atoms with van der Waals surface area (Å²) in [5.41, 5.74) is 0.985. The summed E-state index contributed by atoms with van der Waals surface area (Å²) >= 11 is 0. The molecule has 4 heteroatoms. The summed E-state index contributed by atoms with van der Waals surface area (Å²) in [7, 11) is 0. The van der Waals surface area contributed by atoms with E-state index in [1.807, 2.05) is 42.5 Å². The highest BCUT2D eigenvalue weighted by molar-refractivity contribution is 5.95. The lowest BCUT2D eigenvalue weighted by Crippen LogP contribution is -1.99. The van der Waals surface area contributed by atoms with Gasteiger partial charge >= 0.3 is 5.97 Å². The zero-order chi connectivity index (χ0) is 13.2. The van der Waals surface area contributed by atoms with Crippen LogP contribution < -0.4 is 0 Å². The van der Waals surface area contributed by atoms with Gasteiger partial charge in [-0.3, -0.25) is 0 Å². The van der Waals surface area contributed by atoms with Crippen molar-refractivity contribution in [3.8, 4) is 11.4 Å². The van der Waals surface area contributed by atoms with Gasteiger partial charge in [0.2, 0.25) is 0 Å². The minimum atomic E-state index is -1.02. The number of rotatable bonds is 2. The van der Waals surface area contributed by atoms with Gasteiger partial charge in [-0.2, -0.15) is 0 Å². The molecule has 0 atom stereocenters. The Morgan fingerprint density at radius 1 is 0.947 bits per heavy atom. The number of carboxylic acids is 1. The van der Waals surface area contributed by atoms with Crippen LogP contribution in [0.5, 0.6) is 0 Å². The number of carbonyl (C=O) groups is 1. The Kier molecular flexibility index (Phi) is 2.68. The van der Waals surface area contributed by atoms with Crippen LogP contribution in [0.3, 0.4) is 0 Å². The summed E-state index contributed by atoms with van der Waals surface area (Å²) in [6.07, 6.45) is 2.65. The quantitative estimate of drug-likeness (QED) is 0.759. The molecule has 0 spiro atoms. The van der Waals surface area contributed by atoms with Crippen LogP contribution in [0.1, 0.15) is 10.4 Å². The average molecular weight is 250 g/mol. The molecule has 0 saturated carbocycles. The lowest BCUT2D eigenvalue weighted by Gasteiger charge is -2.05. The molecule has 0 radical (unpaired) electrons. The maximum Gasteiger partial charge on any atom is 0.338 e. The van der Waals surface area contributed by atoms with E-state index in [1.165, 1.54) is 12.4 Å². The number of hydrogen-bond acceptors (Lipinski definition) is 3. The van der Waals surface area contributed by atoms with Crippen LogP contribution >= 0.6 is 0 Å². The fourth-order valence-corrected chi connectivity index (χ4v) is 2.00. The van der Waals surface area contributed by atoms with Crippen molar-refractivity contribution in [2.24, 2.45) is 0 Å². The molecule has 0 bridgehead atoms. The summed E-state index contributed by atoms with van der Waals surface area (Å²) < 4.78 is 0. The summed E-state index contributed by atoms with van der Waals surface area (Å²) in [5, 5.41) is 11.0. The van der Waals surface area contributed by atoms with E-state index in [4.69, 9.17) is 5.11 Å². The third kappa shape index (κ3) is 2.04. The molecule has 4 nitrogen and oxygen atoms in total. The van der Waals surface area contributed by atoms with E-state index in [2.05, 4.69) is 9.97 Å². The molecule has 1 heterocycles. The van der Waals surface area contributed by atoms with Crippen molar-refractivity contribution in [1.82, 2.24) is 9.97 Å². The number of fused-ring (bicyclic) bond motifs is 1. The Labute approximate surface area is 109 Å². The van der Waals surface area contributed by atoms with E-state index < -0.39 is 5.97 Å². The van der Waals surface area contributed by atoms with E-state index in [0.29, 0.717) is 5.82 Å². The van der Waals surface area contributed by atoms with Crippen LogP contribution in [0.15, 0.2) is 54.9 Å². The minimum absolute atomic E-state index is 0.0870. The van der Waals surface area contributed by atoms with E-state index in [0.717, 1.165) is 16.3 Å². The molecule has 0 aliphatic carbocycles. The average Bonchev–Trinajstić information content (AvgIpc) is 2.47. The first-order valence-corrected chi connectivity index (χ1v) is 5.79. The second-order valence-corrected chi connectivity index (χ2v) is 4.13. The standard InChI is InChI=1S/C15H10N2O2/c18-15(19)11-8-16-14(17-9-11)13-7-3-5-10-4-1-2-6-12(10)13/h1-9H,(H,18,19). The number of benzene rings is 2. The van der Waals surface area contributed by atoms with E-state index in [9.17, 15) is 4.79 Å². The van der Waals surface area contributed by atoms with Crippen molar-refractivity contribution < 1.29 is 9.90 Å². The van der Waals surface area contributed by atoms with Gasteiger partial charge in [-0.25, -0.2) is 14.8 Å². The van der Waals surface area contributed by atoms with Crippen molar-refractivity contribution in [1.29, 1.82) is 0 Å². The molecule has 0 unspecified atom stereocenters. The fraction of sp³-hybridized carbons (Fsp3) is 0. The molecule has 3 aromatic rings. The zero-order valence-corrected chi connectivity index (χ0v) is 9.95. The highest BCUT2D eigenvalue weighted by atomic mass is 16.4. The fourth-order valence-electron chi connectivity index (χ4n) is 2.00. The minimum Gasteiger partial charge on any atom is -0.478 e. The van der Waals surface area contributed by atoms with E-state index >= 15 is 0 Å². The molecule has 1 aromatic heterocycles. The summed E-state index contributed by atoms with van der Waals surface area (Å²) in [6.45, 7) is 0. The molecule has 92 valence electrons. The summed E-state index contributed by atoms with van der Waals surface area (Å²) in [5.74, 6) is -0.494. The van der Waals surface area contributed by atoms with Crippen molar-refractivity contribution in [3.63, 3.8) is 0 Å². The Hall–Kier alpha value is -2.75. The molecule has 19 heavy (non-hydrogen) atoms. The van der Waals surface area contributed by atoms with Gasteiger partial charge in [0, 0.05) is 18.0 Å². The predicted octanol–water partition coefficient (Wildman–Crippen LogP) is 3.00. The number of carboxylic acid groups (broad SMARTS) is 1. The van der Waals surface area contributed by atoms with Crippen LogP contribution in [0, 0.1) is 0 Å². The van der Waals surface area contributed by atoms with Gasteiger partial charge < -0.3 is 5.11 Å². The van der Waals surface area contributed by atoms with Crippen molar-refractivity contribution in [2.75, 3.05) is 0 Å². The third-order valence-corrected chi connectivity index (χ3v) is 2.93. The lowest BCUT2D eigenvalue weighted by molar-refractivity contribution is 0.0696. The van der Waals surface area contributed by atoms with Gasteiger partial charge in [0.15, 0.2) is 5.82 Å². The van der Waals surface area contributed by atoms with Crippen molar-refractivity contribution in [2.45, 2.75) is 0 Å². The summed E-state index contributed by atoms with van der Waals surface area (Å²) in [6, 6.07) is 13.8. The first-order chi connectivity index (χ1) is 9.25. The number of hydrogen-bond donors (Lipinski definition) is 1. The highest BCUT2D eigenvalue weighted by Crippen LogP contribution is 2.25. The highest BCUT2D eigenvalue weighted by Gasteiger charge is 2.08. The van der Waals surface area contributed by atoms with Crippen LogP contribution in [0.25, 0.3) is 22.2 Å². The Morgan fingerprint density at radius 2 is 1.63 bits per heavy atom. The summed E-state index contributed by atoms with van der Waals surface area (Å²) in [4.78, 5) is 19.0. The Bertz CT molecular complexity index is 746. The van der Waals surface area contributed by atoms with E-state index in [1.54, 1.807) is 0 Å². The maximum absolute atomic E-state index is 10.8. The molecular formula is C15H10N2O2. The smallest absolute Gasteiger partial charge is 0.338 e. The van der Waals surface area contributed by atoms with Crippen molar-refractivity contribution in [3.05, 3.63) is 60.4 Å². The van der Waals surface area contributed by atoms with Gasteiger partial charge in [-0.1, -0.05) is 42.5 Å². The molecule has 1 N–H and O–H groups in total. The molecule has 0 fully saturated rings. The Balaban J connectivity index is 2.16. The number of aromatic carboxylic acids is 1. The molecular weight excluding hydrogens is 240 g/mol. The van der Waals surface area contributed by atoms with Crippen LogP contribution in [0.2, 0.25) is 0 Å². The monoisotopic (exact) mass is 250 g/mol. The molecule has 3 rings (SSSR count). The van der Waals surface area contributed by atoms with Crippen LogP contribution in [-0.2, 0) is 0 Å². The molecule has 0 amide bonds. The van der Waals surface area contributed by atoms with Crippen molar-refractivity contribution >= 4 is 16.7 Å². The number of nitrogens with zero attached hydrogens (tertiary/aromatic N) is 2. The normalized spacial score (nSPS) is 10.5. The van der Waals surface area contributed by atoms with Gasteiger partial charge in [0.05, 0.1) is 5.56 Å². The SMILES string of the molecule is O=C(O)c1cnc(-c2cccc3ccccc23)nc1. The first-order valence-electron chi connectivity index (χ1n) is 5.79. The second-order valence-electron chi connectivity index (χ2n) is 4.13. The third-order valence-electron chi connectivity index (χ3n) is 2.93. The van der Waals surface area contributed by atoms with Gasteiger partial charge in [0.25, 0.3) is 0 Å². The van der Waals surface area contributed by atoms with Gasteiger partial charge in [-0.15, -0.1) is 0 Å². The van der Waals surface area contributed by atoms with Crippen LogP contribution in [-0.4, -0.2) is 21.0 Å².